The molecular formula is C77H134O16P2. The number of allylic oxidation sites excluding steroid dienone is 18. The van der Waals surface area contributed by atoms with Crippen LogP contribution in [0.1, 0.15) is 303 Å². The van der Waals surface area contributed by atoms with Gasteiger partial charge in [0.05, 0.1) is 26.4 Å². The summed E-state index contributed by atoms with van der Waals surface area (Å²) in [7, 11) is -9.79. The Hall–Kier alpha value is -3.79. The Kier molecular flexibility index (Phi) is 67.3. The van der Waals surface area contributed by atoms with Crippen LogP contribution in [-0.4, -0.2) is 95.9 Å². The zero-order valence-electron chi connectivity index (χ0n) is 59.6. The first-order chi connectivity index (χ1) is 46.2. The monoisotopic (exact) mass is 1380 g/mol. The summed E-state index contributed by atoms with van der Waals surface area (Å²) in [6.45, 7) is 2.58. The summed E-state index contributed by atoms with van der Waals surface area (Å²) < 4.78 is 61.0. The highest BCUT2D eigenvalue weighted by Crippen LogP contribution is 2.45. The van der Waals surface area contributed by atoms with Gasteiger partial charge in [-0.25, -0.2) is 9.13 Å². The predicted octanol–water partition coefficient (Wildman–Crippen LogP) is 21.2. The summed E-state index contributed by atoms with van der Waals surface area (Å²) in [5, 5.41) is 20.6. The molecule has 0 rings (SSSR count). The molecule has 0 saturated carbocycles. The molecule has 0 heterocycles. The highest BCUT2D eigenvalue weighted by molar-refractivity contribution is 7.47. The molecule has 0 aliphatic carbocycles. The Bertz CT molecular complexity index is 2170. The van der Waals surface area contributed by atoms with Gasteiger partial charge in [-0.05, 0) is 135 Å². The second-order valence-electron chi connectivity index (χ2n) is 24.7. The Balaban J connectivity index is 4.66. The van der Waals surface area contributed by atoms with Crippen molar-refractivity contribution in [1.82, 2.24) is 0 Å². The van der Waals surface area contributed by atoms with Crippen LogP contribution in [-0.2, 0) is 55.8 Å². The van der Waals surface area contributed by atoms with Crippen LogP contribution < -0.4 is 0 Å². The number of hydrogen-bond donors (Lipinski definition) is 4. The van der Waals surface area contributed by atoms with E-state index in [2.05, 4.69) is 130 Å². The minimum atomic E-state index is -4.94. The fourth-order valence-corrected chi connectivity index (χ4v) is 11.3. The molecule has 5 atom stereocenters. The van der Waals surface area contributed by atoms with E-state index in [1.807, 2.05) is 0 Å². The average molecular weight is 1380 g/mol. The fourth-order valence-electron chi connectivity index (χ4n) is 9.71. The molecular weight excluding hydrogens is 1240 g/mol. The van der Waals surface area contributed by atoms with Crippen molar-refractivity contribution >= 4 is 33.6 Å². The minimum Gasteiger partial charge on any atom is -0.463 e. The van der Waals surface area contributed by atoms with Crippen LogP contribution in [0, 0.1) is 0 Å². The lowest BCUT2D eigenvalue weighted by Crippen LogP contribution is -2.30. The third-order valence-electron chi connectivity index (χ3n) is 15.4. The van der Waals surface area contributed by atoms with Crippen LogP contribution in [0.5, 0.6) is 0 Å². The van der Waals surface area contributed by atoms with Gasteiger partial charge >= 0.3 is 33.6 Å². The molecule has 0 amide bonds. The Morgan fingerprint density at radius 1 is 0.295 bits per heavy atom. The zero-order chi connectivity index (χ0) is 69.5. The summed E-state index contributed by atoms with van der Waals surface area (Å²) in [5.41, 5.74) is 0. The number of rotatable bonds is 70. The number of ether oxygens (including phenoxy) is 3. The fraction of sp³-hybridized carbons (Fsp3) is 0.727. The van der Waals surface area contributed by atoms with E-state index < -0.39 is 91.5 Å². The lowest BCUT2D eigenvalue weighted by Gasteiger charge is -2.21. The van der Waals surface area contributed by atoms with E-state index in [4.69, 9.17) is 32.3 Å². The van der Waals surface area contributed by atoms with E-state index in [1.165, 1.54) is 89.9 Å². The van der Waals surface area contributed by atoms with E-state index in [0.717, 1.165) is 154 Å². The lowest BCUT2D eigenvalue weighted by atomic mass is 10.1. The largest absolute Gasteiger partial charge is 0.472 e. The second kappa shape index (κ2) is 70.1. The summed E-state index contributed by atoms with van der Waals surface area (Å²) in [4.78, 5) is 58.5. The molecule has 18 heteroatoms. The quantitative estimate of drug-likeness (QED) is 0.0146. The molecule has 0 aromatic rings. The SMILES string of the molecule is CCCCC/C=C\C/C=C\C/C=C\C/C=C\CCCCCCCCCC(=O)OCC(O)COP(=O)(O)OCC(O)COP(=O)(O)OCC(COC(=O)CCCCCCC/C=C\C/C=C\C/C=C\C/C=C\CCCCC)OC(=O)CCCCCCC/C=C\CCCCCCCC. The number of phosphoric ester groups is 2. The Morgan fingerprint density at radius 2 is 0.526 bits per heavy atom. The van der Waals surface area contributed by atoms with Gasteiger partial charge in [0.15, 0.2) is 6.10 Å². The predicted molar refractivity (Wildman–Crippen MR) is 390 cm³/mol. The van der Waals surface area contributed by atoms with Gasteiger partial charge in [-0.15, -0.1) is 0 Å². The van der Waals surface area contributed by atoms with Crippen molar-refractivity contribution < 1.29 is 75.8 Å². The van der Waals surface area contributed by atoms with Crippen LogP contribution >= 0.6 is 15.6 Å². The van der Waals surface area contributed by atoms with Crippen LogP contribution in [0.4, 0.5) is 0 Å². The maximum atomic E-state index is 12.9. The molecule has 0 aromatic carbocycles. The van der Waals surface area contributed by atoms with Crippen molar-refractivity contribution in [3.05, 3.63) is 109 Å². The zero-order valence-corrected chi connectivity index (χ0v) is 61.4. The van der Waals surface area contributed by atoms with Gasteiger partial charge in [0, 0.05) is 19.3 Å². The summed E-state index contributed by atoms with van der Waals surface area (Å²) in [6, 6.07) is 0. The van der Waals surface area contributed by atoms with Crippen molar-refractivity contribution in [3.63, 3.8) is 0 Å². The number of aliphatic hydroxyl groups excluding tert-OH is 2. The van der Waals surface area contributed by atoms with Crippen molar-refractivity contribution in [2.75, 3.05) is 39.6 Å². The minimum absolute atomic E-state index is 0.0888. The number of carbonyl (C=O) groups is 3. The van der Waals surface area contributed by atoms with Crippen molar-refractivity contribution in [1.29, 1.82) is 0 Å². The molecule has 0 aliphatic heterocycles. The molecule has 0 bridgehead atoms. The van der Waals surface area contributed by atoms with Crippen LogP contribution in [0.3, 0.4) is 0 Å². The molecule has 4 N–H and O–H groups in total. The van der Waals surface area contributed by atoms with Crippen molar-refractivity contribution in [2.24, 2.45) is 0 Å². The van der Waals surface area contributed by atoms with Gasteiger partial charge in [0.1, 0.15) is 25.4 Å². The molecule has 0 aromatic heterocycles. The van der Waals surface area contributed by atoms with E-state index in [9.17, 15) is 43.5 Å². The molecule has 0 radical (unpaired) electrons. The van der Waals surface area contributed by atoms with Gasteiger partial charge < -0.3 is 34.2 Å². The number of esters is 3. The topological polar surface area (TPSA) is 231 Å². The molecule has 548 valence electrons. The van der Waals surface area contributed by atoms with Crippen LogP contribution in [0.15, 0.2) is 109 Å². The summed E-state index contributed by atoms with van der Waals surface area (Å²) in [5.74, 6) is -1.61. The normalized spacial score (nSPS) is 14.7. The average Bonchev–Trinajstić information content (AvgIpc) is 1.93. The molecule has 0 fully saturated rings. The highest BCUT2D eigenvalue weighted by atomic mass is 31.2. The molecule has 16 nitrogen and oxygen atoms in total. The third-order valence-corrected chi connectivity index (χ3v) is 17.3. The number of carbonyl (C=O) groups excluding carboxylic acids is 3. The van der Waals surface area contributed by atoms with E-state index in [1.54, 1.807) is 0 Å². The number of aliphatic hydroxyl groups is 2. The maximum Gasteiger partial charge on any atom is 0.472 e. The first kappa shape index (κ1) is 91.2. The number of phosphoric acid groups is 2. The second-order valence-corrected chi connectivity index (χ2v) is 27.6. The third kappa shape index (κ3) is 71.3. The molecule has 0 spiro atoms. The smallest absolute Gasteiger partial charge is 0.463 e. The standard InChI is InChI=1S/C77H134O16P2/c1-4-7-10-13-16-19-22-25-28-30-32-34-35-37-39-40-43-45-48-51-54-57-60-63-75(80)87-66-72(78)67-89-94(83,84)90-68-73(79)69-91-95(85,86)92-71-74(93-77(82)65-62-59-56-53-50-47-42-27-24-21-18-15-12-9-6-3)70-88-76(81)64-61-58-55-52-49-46-44-41-38-36-33-31-29-26-23-20-17-14-11-8-5-2/h16-17,19-20,25-29,32-34,36-37,39,41-42,44,72-74,78-79H,4-15,18,21-24,30-31,35,38,40,43,45-71H2,1-3H3,(H,83,84)(H,85,86)/b19-16-,20-17-,28-25-,29-26-,34-32-,36-33-,39-37-,42-27-,44-41-. The van der Waals surface area contributed by atoms with Crippen molar-refractivity contribution in [2.45, 2.75) is 322 Å². The summed E-state index contributed by atoms with van der Waals surface area (Å²) >= 11 is 0. The first-order valence-corrected chi connectivity index (χ1v) is 40.2. The molecule has 0 saturated heterocycles. The molecule has 95 heavy (non-hydrogen) atoms. The van der Waals surface area contributed by atoms with E-state index >= 15 is 0 Å². The van der Waals surface area contributed by atoms with Gasteiger partial charge in [0.25, 0.3) is 0 Å². The molecule has 5 unspecified atom stereocenters. The van der Waals surface area contributed by atoms with Gasteiger partial charge in [0.2, 0.25) is 0 Å². The van der Waals surface area contributed by atoms with Gasteiger partial charge in [-0.2, -0.15) is 0 Å². The number of unbranched alkanes of at least 4 members (excludes halogenated alkanes) is 29. The van der Waals surface area contributed by atoms with Crippen molar-refractivity contribution in [3.8, 4) is 0 Å². The van der Waals surface area contributed by atoms with Crippen LogP contribution in [0.25, 0.3) is 0 Å². The Morgan fingerprint density at radius 3 is 0.863 bits per heavy atom. The highest BCUT2D eigenvalue weighted by Gasteiger charge is 2.29. The van der Waals surface area contributed by atoms with E-state index in [0.29, 0.717) is 19.3 Å². The van der Waals surface area contributed by atoms with E-state index in [-0.39, 0.29) is 19.3 Å². The maximum absolute atomic E-state index is 12.9. The Labute approximate surface area is 577 Å². The van der Waals surface area contributed by atoms with Crippen LogP contribution in [0.2, 0.25) is 0 Å². The van der Waals surface area contributed by atoms with Gasteiger partial charge in [-0.3, -0.25) is 32.5 Å². The number of hydrogen-bond acceptors (Lipinski definition) is 14. The lowest BCUT2D eigenvalue weighted by molar-refractivity contribution is -0.161. The van der Waals surface area contributed by atoms with Gasteiger partial charge in [-0.1, -0.05) is 259 Å². The summed E-state index contributed by atoms with van der Waals surface area (Å²) in [6.07, 6.45) is 79.8. The first-order valence-electron chi connectivity index (χ1n) is 37.2. The molecule has 0 aliphatic rings.